The third-order valence-corrected chi connectivity index (χ3v) is 4.89. The first-order chi connectivity index (χ1) is 14.2. The molecule has 1 amide bonds. The number of hydrogen-bond acceptors (Lipinski definition) is 7. The first-order valence-electron chi connectivity index (χ1n) is 9.08. The molecule has 0 aliphatic carbocycles. The van der Waals surface area contributed by atoms with Crippen LogP contribution < -0.4 is 4.74 Å². The molecule has 9 nitrogen and oxygen atoms in total. The zero-order valence-electron chi connectivity index (χ0n) is 15.5. The molecule has 1 aliphatic rings. The topological polar surface area (TPSA) is 110 Å². The van der Waals surface area contributed by atoms with Crippen LogP contribution in [0.5, 0.6) is 5.75 Å². The van der Waals surface area contributed by atoms with E-state index < -0.39 is 0 Å². The molecule has 1 fully saturated rings. The second-order valence-electron chi connectivity index (χ2n) is 6.71. The minimum Gasteiger partial charge on any atom is -0.496 e. The number of likely N-dealkylation sites (tertiary alicyclic amines) is 1. The molecule has 5 rings (SSSR count). The van der Waals surface area contributed by atoms with Gasteiger partial charge in [0.25, 0.3) is 5.91 Å². The second-order valence-corrected chi connectivity index (χ2v) is 6.71. The van der Waals surface area contributed by atoms with Gasteiger partial charge in [-0.05, 0) is 24.3 Å². The zero-order chi connectivity index (χ0) is 19.8. The van der Waals surface area contributed by atoms with E-state index >= 15 is 0 Å². The van der Waals surface area contributed by atoms with Gasteiger partial charge < -0.3 is 18.6 Å². The maximum absolute atomic E-state index is 12.6. The van der Waals surface area contributed by atoms with Crippen LogP contribution in [0.1, 0.15) is 22.3 Å². The van der Waals surface area contributed by atoms with Gasteiger partial charge in [0, 0.05) is 19.2 Å². The Hall–Kier alpha value is -3.88. The summed E-state index contributed by atoms with van der Waals surface area (Å²) in [7, 11) is 1.60. The number of benzene rings is 1. The van der Waals surface area contributed by atoms with Gasteiger partial charge in [-0.3, -0.25) is 9.89 Å². The molecule has 1 aliphatic heterocycles. The SMILES string of the molecule is COc1ccccc1-c1noc(C2CN(C(=O)c3cc(-c4ccco4)[nH]n3)C2)n1. The monoisotopic (exact) mass is 391 g/mol. The number of hydrogen-bond donors (Lipinski definition) is 1. The molecule has 146 valence electrons. The molecule has 0 radical (unpaired) electrons. The highest BCUT2D eigenvalue weighted by molar-refractivity contribution is 5.93. The van der Waals surface area contributed by atoms with E-state index in [0.717, 1.165) is 5.56 Å². The average Bonchev–Trinajstić information content (AvgIpc) is 3.47. The van der Waals surface area contributed by atoms with E-state index in [4.69, 9.17) is 13.7 Å². The Morgan fingerprint density at radius 1 is 1.24 bits per heavy atom. The van der Waals surface area contributed by atoms with Gasteiger partial charge in [-0.15, -0.1) is 0 Å². The number of aromatic amines is 1. The van der Waals surface area contributed by atoms with Crippen LogP contribution in [0.4, 0.5) is 0 Å². The molecule has 4 aromatic rings. The summed E-state index contributed by atoms with van der Waals surface area (Å²) in [4.78, 5) is 18.8. The maximum Gasteiger partial charge on any atom is 0.274 e. The van der Waals surface area contributed by atoms with Crippen molar-refractivity contribution in [3.05, 3.63) is 60.3 Å². The highest BCUT2D eigenvalue weighted by Crippen LogP contribution is 2.31. The lowest BCUT2D eigenvalue weighted by Crippen LogP contribution is -2.48. The molecule has 1 saturated heterocycles. The Bertz CT molecular complexity index is 1140. The average molecular weight is 391 g/mol. The predicted octanol–water partition coefficient (Wildman–Crippen LogP) is 2.97. The van der Waals surface area contributed by atoms with Crippen LogP contribution in [0.25, 0.3) is 22.8 Å². The summed E-state index contributed by atoms with van der Waals surface area (Å²) in [6, 6.07) is 12.7. The van der Waals surface area contributed by atoms with E-state index in [1.165, 1.54) is 0 Å². The molecule has 0 spiro atoms. The number of furan rings is 1. The Morgan fingerprint density at radius 2 is 2.10 bits per heavy atom. The van der Waals surface area contributed by atoms with Crippen molar-refractivity contribution in [2.75, 3.05) is 20.2 Å². The molecular formula is C20H17N5O4. The van der Waals surface area contributed by atoms with Crippen molar-refractivity contribution in [3.63, 3.8) is 0 Å². The van der Waals surface area contributed by atoms with Gasteiger partial charge in [0.2, 0.25) is 11.7 Å². The van der Waals surface area contributed by atoms with E-state index in [0.29, 0.717) is 47.7 Å². The van der Waals surface area contributed by atoms with Crippen molar-refractivity contribution in [1.82, 2.24) is 25.2 Å². The number of rotatable bonds is 5. The van der Waals surface area contributed by atoms with Crippen LogP contribution in [0.2, 0.25) is 0 Å². The lowest BCUT2D eigenvalue weighted by Gasteiger charge is -2.36. The standard InChI is InChI=1S/C20H17N5O4/c1-27-16-6-3-2-5-13(16)18-21-19(29-24-18)12-10-25(11-12)20(26)15-9-14(22-23-15)17-7-4-8-28-17/h2-9,12H,10-11H2,1H3,(H,22,23). The number of H-pyrrole nitrogens is 1. The van der Waals surface area contributed by atoms with Crippen LogP contribution in [-0.2, 0) is 0 Å². The number of carbonyl (C=O) groups is 1. The molecule has 0 atom stereocenters. The number of ether oxygens (including phenoxy) is 1. The minimum absolute atomic E-state index is 0.00149. The van der Waals surface area contributed by atoms with Crippen molar-refractivity contribution in [3.8, 4) is 28.6 Å². The van der Waals surface area contributed by atoms with Crippen molar-refractivity contribution in [2.24, 2.45) is 0 Å². The number of aromatic nitrogens is 4. The largest absolute Gasteiger partial charge is 0.496 e. The number of amides is 1. The van der Waals surface area contributed by atoms with Gasteiger partial charge in [-0.25, -0.2) is 0 Å². The summed E-state index contributed by atoms with van der Waals surface area (Å²) in [5.74, 6) is 2.13. The highest BCUT2D eigenvalue weighted by atomic mass is 16.5. The van der Waals surface area contributed by atoms with Crippen LogP contribution >= 0.6 is 0 Å². The van der Waals surface area contributed by atoms with Gasteiger partial charge in [-0.2, -0.15) is 10.1 Å². The van der Waals surface area contributed by atoms with E-state index in [1.807, 2.05) is 24.3 Å². The number of para-hydroxylation sites is 1. The Kier molecular flexibility index (Phi) is 4.12. The summed E-state index contributed by atoms with van der Waals surface area (Å²) in [5, 5.41) is 11.0. The normalized spacial score (nSPS) is 14.0. The summed E-state index contributed by atoms with van der Waals surface area (Å²) in [6.07, 6.45) is 1.57. The first-order valence-corrected chi connectivity index (χ1v) is 9.08. The number of carbonyl (C=O) groups excluding carboxylic acids is 1. The summed E-state index contributed by atoms with van der Waals surface area (Å²) < 4.78 is 16.1. The molecule has 0 unspecified atom stereocenters. The van der Waals surface area contributed by atoms with Crippen LogP contribution in [0.3, 0.4) is 0 Å². The molecule has 9 heteroatoms. The fourth-order valence-corrected chi connectivity index (χ4v) is 3.29. The Morgan fingerprint density at radius 3 is 2.90 bits per heavy atom. The number of nitrogens with zero attached hydrogens (tertiary/aromatic N) is 4. The molecular weight excluding hydrogens is 374 g/mol. The van der Waals surface area contributed by atoms with Gasteiger partial charge in [-0.1, -0.05) is 17.3 Å². The van der Waals surface area contributed by atoms with Crippen molar-refractivity contribution < 1.29 is 18.5 Å². The van der Waals surface area contributed by atoms with Crippen LogP contribution in [0, 0.1) is 0 Å². The van der Waals surface area contributed by atoms with E-state index in [9.17, 15) is 4.79 Å². The highest BCUT2D eigenvalue weighted by Gasteiger charge is 2.37. The van der Waals surface area contributed by atoms with E-state index in [1.54, 1.807) is 36.5 Å². The summed E-state index contributed by atoms with van der Waals surface area (Å²) in [5.41, 5.74) is 1.77. The van der Waals surface area contributed by atoms with Crippen molar-refractivity contribution in [1.29, 1.82) is 0 Å². The first kappa shape index (κ1) is 17.2. The lowest BCUT2D eigenvalue weighted by molar-refractivity contribution is 0.0563. The molecule has 0 saturated carbocycles. The third kappa shape index (κ3) is 3.06. The molecule has 29 heavy (non-hydrogen) atoms. The van der Waals surface area contributed by atoms with Crippen molar-refractivity contribution >= 4 is 5.91 Å². The van der Waals surface area contributed by atoms with Gasteiger partial charge in [0.05, 0.1) is 24.9 Å². The van der Waals surface area contributed by atoms with Gasteiger partial charge >= 0.3 is 0 Å². The smallest absolute Gasteiger partial charge is 0.274 e. The molecule has 0 bridgehead atoms. The van der Waals surface area contributed by atoms with E-state index in [2.05, 4.69) is 20.3 Å². The Labute approximate surface area is 165 Å². The maximum atomic E-state index is 12.6. The van der Waals surface area contributed by atoms with E-state index in [-0.39, 0.29) is 11.8 Å². The zero-order valence-corrected chi connectivity index (χ0v) is 15.5. The van der Waals surface area contributed by atoms with Crippen LogP contribution in [0.15, 0.2) is 57.7 Å². The fourth-order valence-electron chi connectivity index (χ4n) is 3.29. The van der Waals surface area contributed by atoms with Crippen LogP contribution in [-0.4, -0.2) is 51.3 Å². The third-order valence-electron chi connectivity index (χ3n) is 4.89. The predicted molar refractivity (Wildman–Crippen MR) is 101 cm³/mol. The molecule has 1 aromatic carbocycles. The summed E-state index contributed by atoms with van der Waals surface area (Å²) >= 11 is 0. The lowest BCUT2D eigenvalue weighted by atomic mass is 9.99. The quantitative estimate of drug-likeness (QED) is 0.557. The fraction of sp³-hybridized carbons (Fsp3) is 0.200. The molecule has 4 heterocycles. The van der Waals surface area contributed by atoms with Crippen molar-refractivity contribution in [2.45, 2.75) is 5.92 Å². The molecule has 3 aromatic heterocycles. The second kappa shape index (κ2) is 6.93. The number of methoxy groups -OCH3 is 1. The van der Waals surface area contributed by atoms with Gasteiger partial charge in [0.1, 0.15) is 11.4 Å². The Balaban J connectivity index is 1.26. The minimum atomic E-state index is -0.153. The molecule has 1 N–H and O–H groups in total. The summed E-state index contributed by atoms with van der Waals surface area (Å²) in [6.45, 7) is 0.991. The number of nitrogens with one attached hydrogen (secondary N) is 1. The van der Waals surface area contributed by atoms with Gasteiger partial charge in [0.15, 0.2) is 11.5 Å².